The van der Waals surface area contributed by atoms with Gasteiger partial charge in [0.1, 0.15) is 12.4 Å². The van der Waals surface area contributed by atoms with E-state index in [9.17, 15) is 0 Å². The minimum absolute atomic E-state index is 0. The van der Waals surface area contributed by atoms with Crippen LogP contribution in [-0.4, -0.2) is 13.2 Å². The maximum absolute atomic E-state index is 5.73. The van der Waals surface area contributed by atoms with Gasteiger partial charge in [-0.2, -0.15) is 0 Å². The molecule has 2 N–H and O–H groups in total. The van der Waals surface area contributed by atoms with Crippen molar-refractivity contribution in [1.82, 2.24) is 0 Å². The lowest BCUT2D eigenvalue weighted by molar-refractivity contribution is 0.328. The average Bonchev–Trinajstić information content (AvgIpc) is 1.99. The van der Waals surface area contributed by atoms with Crippen molar-refractivity contribution in [3.05, 3.63) is 28.2 Å². The van der Waals surface area contributed by atoms with Crippen LogP contribution >= 0.6 is 35.6 Å². The molecule has 1 aromatic carbocycles. The fourth-order valence-electron chi connectivity index (χ4n) is 0.789. The first kappa shape index (κ1) is 12.8. The number of ether oxygens (including phenoxy) is 1. The van der Waals surface area contributed by atoms with Crippen molar-refractivity contribution < 1.29 is 4.74 Å². The molecule has 0 unspecified atom stereocenters. The molecule has 1 aromatic rings. The normalized spacial score (nSPS) is 9.15. The molecule has 0 spiro atoms. The topological polar surface area (TPSA) is 35.2 Å². The van der Waals surface area contributed by atoms with Crippen LogP contribution < -0.4 is 10.5 Å². The molecule has 0 atom stereocenters. The van der Waals surface area contributed by atoms with Crippen molar-refractivity contribution in [1.29, 1.82) is 0 Å². The fraction of sp³-hybridized carbons (Fsp3) is 0.250. The molecule has 1 rings (SSSR count). The quantitative estimate of drug-likeness (QED) is 0.884. The van der Waals surface area contributed by atoms with Crippen LogP contribution in [-0.2, 0) is 0 Å². The van der Waals surface area contributed by atoms with Crippen LogP contribution in [0.25, 0.3) is 0 Å². The minimum atomic E-state index is 0. The van der Waals surface area contributed by atoms with Gasteiger partial charge in [-0.1, -0.05) is 23.2 Å². The van der Waals surface area contributed by atoms with Crippen molar-refractivity contribution in [2.24, 2.45) is 5.73 Å². The molecule has 0 aromatic heterocycles. The van der Waals surface area contributed by atoms with Gasteiger partial charge in [0.15, 0.2) is 0 Å². The second kappa shape index (κ2) is 6.33. The van der Waals surface area contributed by atoms with Crippen molar-refractivity contribution >= 4 is 35.6 Å². The molecule has 0 fully saturated rings. The van der Waals surface area contributed by atoms with E-state index in [-0.39, 0.29) is 12.4 Å². The lowest BCUT2D eigenvalue weighted by atomic mass is 10.3. The third kappa shape index (κ3) is 4.58. The number of hydrogen-bond acceptors (Lipinski definition) is 2. The number of halogens is 3. The Bertz CT molecular complexity index is 247. The Morgan fingerprint density at radius 1 is 1.15 bits per heavy atom. The number of rotatable bonds is 3. The second-order valence-corrected chi connectivity index (χ2v) is 3.12. The molecule has 2 nitrogen and oxygen atoms in total. The van der Waals surface area contributed by atoms with E-state index in [1.54, 1.807) is 18.2 Å². The number of benzene rings is 1. The van der Waals surface area contributed by atoms with E-state index in [0.29, 0.717) is 28.9 Å². The number of hydrogen-bond donors (Lipinski definition) is 1. The molecule has 0 bridgehead atoms. The standard InChI is InChI=1S/C8H9Cl2NO.ClH/c9-6-3-7(10)5-8(4-6)12-2-1-11;/h3-5H,1-2,11H2;1H. The van der Waals surface area contributed by atoms with Crippen LogP contribution in [0.4, 0.5) is 0 Å². The van der Waals surface area contributed by atoms with Gasteiger partial charge in [-0.05, 0) is 18.2 Å². The van der Waals surface area contributed by atoms with Crippen LogP contribution in [0.1, 0.15) is 0 Å². The molecule has 0 aliphatic carbocycles. The highest BCUT2D eigenvalue weighted by molar-refractivity contribution is 6.34. The zero-order chi connectivity index (χ0) is 8.97. The lowest BCUT2D eigenvalue weighted by Crippen LogP contribution is -2.10. The van der Waals surface area contributed by atoms with E-state index in [1.165, 1.54) is 0 Å². The predicted molar refractivity (Wildman–Crippen MR) is 58.3 cm³/mol. The summed E-state index contributed by atoms with van der Waals surface area (Å²) in [6, 6.07) is 5.05. The third-order valence-electron chi connectivity index (χ3n) is 1.22. The Kier molecular flexibility index (Phi) is 6.25. The predicted octanol–water partition coefficient (Wildman–Crippen LogP) is 2.75. The van der Waals surface area contributed by atoms with Gasteiger partial charge in [0, 0.05) is 16.6 Å². The molecular formula is C8H10Cl3NO. The second-order valence-electron chi connectivity index (χ2n) is 2.24. The summed E-state index contributed by atoms with van der Waals surface area (Å²) < 4.78 is 5.22. The minimum Gasteiger partial charge on any atom is -0.492 e. The first-order valence-corrected chi connectivity index (χ1v) is 4.27. The Labute approximate surface area is 93.4 Å². The molecule has 0 radical (unpaired) electrons. The van der Waals surface area contributed by atoms with Gasteiger partial charge in [-0.3, -0.25) is 0 Å². The summed E-state index contributed by atoms with van der Waals surface area (Å²) in [5, 5.41) is 1.13. The van der Waals surface area contributed by atoms with Crippen LogP contribution in [0.2, 0.25) is 10.0 Å². The summed E-state index contributed by atoms with van der Waals surface area (Å²) >= 11 is 11.5. The molecule has 0 heterocycles. The molecule has 13 heavy (non-hydrogen) atoms. The van der Waals surface area contributed by atoms with Crippen molar-refractivity contribution in [2.75, 3.05) is 13.2 Å². The highest BCUT2D eigenvalue weighted by Gasteiger charge is 1.97. The summed E-state index contributed by atoms with van der Waals surface area (Å²) in [6.07, 6.45) is 0. The average molecular weight is 243 g/mol. The van der Waals surface area contributed by atoms with Crippen LogP contribution in [0.15, 0.2) is 18.2 Å². The Balaban J connectivity index is 0.00000144. The summed E-state index contributed by atoms with van der Waals surface area (Å²) in [6.45, 7) is 0.945. The summed E-state index contributed by atoms with van der Waals surface area (Å²) in [5.41, 5.74) is 5.26. The van der Waals surface area contributed by atoms with Gasteiger partial charge in [-0.15, -0.1) is 12.4 Å². The molecule has 0 saturated heterocycles. The zero-order valence-electron chi connectivity index (χ0n) is 6.80. The molecule has 5 heteroatoms. The summed E-state index contributed by atoms with van der Waals surface area (Å²) in [5.74, 6) is 0.651. The van der Waals surface area contributed by atoms with Gasteiger partial charge >= 0.3 is 0 Å². The van der Waals surface area contributed by atoms with Crippen molar-refractivity contribution in [2.45, 2.75) is 0 Å². The van der Waals surface area contributed by atoms with E-state index in [0.717, 1.165) is 0 Å². The third-order valence-corrected chi connectivity index (χ3v) is 1.66. The maximum Gasteiger partial charge on any atom is 0.122 e. The molecule has 0 amide bonds. The van der Waals surface area contributed by atoms with Gasteiger partial charge in [0.05, 0.1) is 0 Å². The monoisotopic (exact) mass is 241 g/mol. The van der Waals surface area contributed by atoms with Crippen LogP contribution in [0.5, 0.6) is 5.75 Å². The van der Waals surface area contributed by atoms with E-state index in [4.69, 9.17) is 33.7 Å². The van der Waals surface area contributed by atoms with Gasteiger partial charge in [-0.25, -0.2) is 0 Å². The molecule has 0 saturated carbocycles. The summed E-state index contributed by atoms with van der Waals surface area (Å²) in [7, 11) is 0. The highest BCUT2D eigenvalue weighted by Crippen LogP contribution is 2.23. The van der Waals surface area contributed by atoms with Gasteiger partial charge in [0.2, 0.25) is 0 Å². The molecular weight excluding hydrogens is 232 g/mol. The fourth-order valence-corrected chi connectivity index (χ4v) is 1.29. The SMILES string of the molecule is Cl.NCCOc1cc(Cl)cc(Cl)c1. The Morgan fingerprint density at radius 3 is 2.15 bits per heavy atom. The number of nitrogens with two attached hydrogens (primary N) is 1. The van der Waals surface area contributed by atoms with Crippen molar-refractivity contribution in [3.63, 3.8) is 0 Å². The Morgan fingerprint density at radius 2 is 1.69 bits per heavy atom. The largest absolute Gasteiger partial charge is 0.492 e. The van der Waals surface area contributed by atoms with E-state index in [2.05, 4.69) is 0 Å². The highest BCUT2D eigenvalue weighted by atomic mass is 35.5. The van der Waals surface area contributed by atoms with Crippen LogP contribution in [0.3, 0.4) is 0 Å². The lowest BCUT2D eigenvalue weighted by Gasteiger charge is -2.04. The van der Waals surface area contributed by atoms with Crippen molar-refractivity contribution in [3.8, 4) is 5.75 Å². The first-order chi connectivity index (χ1) is 5.72. The van der Waals surface area contributed by atoms with E-state index < -0.39 is 0 Å². The zero-order valence-corrected chi connectivity index (χ0v) is 9.12. The Hall–Kier alpha value is -0.150. The molecule has 0 aliphatic rings. The first-order valence-electron chi connectivity index (χ1n) is 3.51. The smallest absolute Gasteiger partial charge is 0.122 e. The summed E-state index contributed by atoms with van der Waals surface area (Å²) in [4.78, 5) is 0. The van der Waals surface area contributed by atoms with Gasteiger partial charge < -0.3 is 10.5 Å². The van der Waals surface area contributed by atoms with E-state index >= 15 is 0 Å². The molecule has 0 aliphatic heterocycles. The van der Waals surface area contributed by atoms with E-state index in [1.807, 2.05) is 0 Å². The molecule has 74 valence electrons. The van der Waals surface area contributed by atoms with Gasteiger partial charge in [0.25, 0.3) is 0 Å². The maximum atomic E-state index is 5.73. The van der Waals surface area contributed by atoms with Crippen LogP contribution in [0, 0.1) is 0 Å².